The molecule has 0 aliphatic carbocycles. The van der Waals surface area contributed by atoms with Gasteiger partial charge in [-0.3, -0.25) is 0 Å². The minimum atomic E-state index is -0.197. The Morgan fingerprint density at radius 2 is 2.07 bits per heavy atom. The molecule has 1 rings (SSSR count). The molecule has 1 aromatic carbocycles. The average Bonchev–Trinajstić information content (AvgIpc) is 2.28. The highest BCUT2D eigenvalue weighted by Gasteiger charge is 2.10. The highest BCUT2D eigenvalue weighted by atomic mass is 16.5. The van der Waals surface area contributed by atoms with Crippen molar-refractivity contribution in [1.82, 2.24) is 0 Å². The zero-order valence-corrected chi connectivity index (χ0v) is 9.19. The van der Waals surface area contributed by atoms with Crippen molar-refractivity contribution in [3.8, 4) is 5.75 Å². The van der Waals surface area contributed by atoms with Gasteiger partial charge in [0.2, 0.25) is 0 Å². The number of ether oxygens (including phenoxy) is 2. The first kappa shape index (κ1) is 12.0. The summed E-state index contributed by atoms with van der Waals surface area (Å²) in [5, 5.41) is 0. The zero-order valence-electron chi connectivity index (χ0n) is 9.19. The predicted molar refractivity (Wildman–Crippen MR) is 59.7 cm³/mol. The Labute approximate surface area is 90.2 Å². The van der Waals surface area contributed by atoms with Crippen LogP contribution in [0.1, 0.15) is 17.2 Å². The number of benzene rings is 1. The van der Waals surface area contributed by atoms with Gasteiger partial charge in [0.05, 0.1) is 13.7 Å². The SMILES string of the molecule is COCc1ccc(OC)c(C(N)CN)c1. The fourth-order valence-electron chi connectivity index (χ4n) is 1.46. The van der Waals surface area contributed by atoms with Gasteiger partial charge >= 0.3 is 0 Å². The molecule has 0 spiro atoms. The van der Waals surface area contributed by atoms with Crippen molar-refractivity contribution in [2.75, 3.05) is 20.8 Å². The van der Waals surface area contributed by atoms with Crippen molar-refractivity contribution in [3.05, 3.63) is 29.3 Å². The second-order valence-electron chi connectivity index (χ2n) is 3.35. The number of hydrogen-bond acceptors (Lipinski definition) is 4. The lowest BCUT2D eigenvalue weighted by Crippen LogP contribution is -2.21. The van der Waals surface area contributed by atoms with Crippen LogP contribution in [0.3, 0.4) is 0 Å². The van der Waals surface area contributed by atoms with Gasteiger partial charge in [0.25, 0.3) is 0 Å². The number of methoxy groups -OCH3 is 2. The van der Waals surface area contributed by atoms with E-state index in [0.29, 0.717) is 13.2 Å². The highest BCUT2D eigenvalue weighted by molar-refractivity contribution is 5.39. The Hall–Kier alpha value is -1.10. The molecule has 1 atom stereocenters. The second kappa shape index (κ2) is 5.70. The zero-order chi connectivity index (χ0) is 11.3. The van der Waals surface area contributed by atoms with Crippen molar-refractivity contribution in [2.24, 2.45) is 11.5 Å². The number of hydrogen-bond donors (Lipinski definition) is 2. The maximum atomic E-state index is 5.89. The molecular weight excluding hydrogens is 192 g/mol. The summed E-state index contributed by atoms with van der Waals surface area (Å²) < 4.78 is 10.3. The Bertz CT molecular complexity index is 315. The molecule has 15 heavy (non-hydrogen) atoms. The van der Waals surface area contributed by atoms with E-state index in [1.165, 1.54) is 0 Å². The van der Waals surface area contributed by atoms with Crippen molar-refractivity contribution >= 4 is 0 Å². The van der Waals surface area contributed by atoms with Crippen LogP contribution in [-0.2, 0) is 11.3 Å². The molecule has 4 nitrogen and oxygen atoms in total. The summed E-state index contributed by atoms with van der Waals surface area (Å²) in [6.07, 6.45) is 0. The lowest BCUT2D eigenvalue weighted by Gasteiger charge is -2.15. The van der Waals surface area contributed by atoms with Gasteiger partial charge in [-0.25, -0.2) is 0 Å². The van der Waals surface area contributed by atoms with Gasteiger partial charge in [0, 0.05) is 25.3 Å². The van der Waals surface area contributed by atoms with Gasteiger partial charge in [0.1, 0.15) is 5.75 Å². The fraction of sp³-hybridized carbons (Fsp3) is 0.455. The third-order valence-electron chi connectivity index (χ3n) is 2.26. The summed E-state index contributed by atoms with van der Waals surface area (Å²) in [5.74, 6) is 0.771. The normalized spacial score (nSPS) is 12.5. The van der Waals surface area contributed by atoms with E-state index in [1.54, 1.807) is 14.2 Å². The molecule has 4 N–H and O–H groups in total. The van der Waals surface area contributed by atoms with Gasteiger partial charge < -0.3 is 20.9 Å². The van der Waals surface area contributed by atoms with E-state index >= 15 is 0 Å². The predicted octanol–water partition coefficient (Wildman–Crippen LogP) is 0.800. The van der Waals surface area contributed by atoms with Crippen molar-refractivity contribution in [3.63, 3.8) is 0 Å². The van der Waals surface area contributed by atoms with Crippen molar-refractivity contribution in [2.45, 2.75) is 12.6 Å². The molecule has 0 amide bonds. The lowest BCUT2D eigenvalue weighted by atomic mass is 10.0. The van der Waals surface area contributed by atoms with E-state index in [0.717, 1.165) is 16.9 Å². The Balaban J connectivity index is 3.01. The van der Waals surface area contributed by atoms with E-state index in [9.17, 15) is 0 Å². The van der Waals surface area contributed by atoms with Crippen LogP contribution in [0.5, 0.6) is 5.75 Å². The summed E-state index contributed by atoms with van der Waals surface area (Å²) in [7, 11) is 3.28. The molecule has 0 aliphatic heterocycles. The van der Waals surface area contributed by atoms with Gasteiger partial charge in [-0.2, -0.15) is 0 Å². The largest absolute Gasteiger partial charge is 0.496 e. The molecular formula is C11H18N2O2. The summed E-state index contributed by atoms with van der Waals surface area (Å²) >= 11 is 0. The van der Waals surface area contributed by atoms with Crippen LogP contribution < -0.4 is 16.2 Å². The van der Waals surface area contributed by atoms with Crippen LogP contribution >= 0.6 is 0 Å². The molecule has 1 unspecified atom stereocenters. The molecule has 0 fully saturated rings. The van der Waals surface area contributed by atoms with Gasteiger partial charge in [-0.1, -0.05) is 6.07 Å². The summed E-state index contributed by atoms with van der Waals surface area (Å²) in [6.45, 7) is 0.959. The van der Waals surface area contributed by atoms with Crippen LogP contribution in [-0.4, -0.2) is 20.8 Å². The number of nitrogens with two attached hydrogens (primary N) is 2. The van der Waals surface area contributed by atoms with E-state index in [4.69, 9.17) is 20.9 Å². The first-order valence-corrected chi connectivity index (χ1v) is 4.84. The van der Waals surface area contributed by atoms with E-state index in [2.05, 4.69) is 0 Å². The number of rotatable bonds is 5. The van der Waals surface area contributed by atoms with E-state index in [1.807, 2.05) is 18.2 Å². The van der Waals surface area contributed by atoms with Crippen molar-refractivity contribution in [1.29, 1.82) is 0 Å². The molecule has 0 aliphatic rings. The second-order valence-corrected chi connectivity index (χ2v) is 3.35. The summed E-state index contributed by atoms with van der Waals surface area (Å²) in [6, 6.07) is 5.62. The minimum Gasteiger partial charge on any atom is -0.496 e. The monoisotopic (exact) mass is 210 g/mol. The fourth-order valence-corrected chi connectivity index (χ4v) is 1.46. The van der Waals surface area contributed by atoms with Gasteiger partial charge in [0.15, 0.2) is 0 Å². The summed E-state index contributed by atoms with van der Waals surface area (Å²) in [4.78, 5) is 0. The third kappa shape index (κ3) is 2.92. The summed E-state index contributed by atoms with van der Waals surface area (Å²) in [5.41, 5.74) is 13.4. The molecule has 0 radical (unpaired) electrons. The maximum Gasteiger partial charge on any atom is 0.123 e. The molecule has 0 saturated heterocycles. The average molecular weight is 210 g/mol. The quantitative estimate of drug-likeness (QED) is 0.754. The highest BCUT2D eigenvalue weighted by Crippen LogP contribution is 2.24. The Morgan fingerprint density at radius 3 is 2.60 bits per heavy atom. The topological polar surface area (TPSA) is 70.5 Å². The standard InChI is InChI=1S/C11H18N2O2/c1-14-7-8-3-4-11(15-2)9(5-8)10(13)6-12/h3-5,10H,6-7,12-13H2,1-2H3. The van der Waals surface area contributed by atoms with E-state index < -0.39 is 0 Å². The molecule has 0 saturated carbocycles. The van der Waals surface area contributed by atoms with Crippen LogP contribution in [0.15, 0.2) is 18.2 Å². The third-order valence-corrected chi connectivity index (χ3v) is 2.26. The van der Waals surface area contributed by atoms with E-state index in [-0.39, 0.29) is 6.04 Å². The molecule has 0 bridgehead atoms. The molecule has 0 aromatic heterocycles. The van der Waals surface area contributed by atoms with Gasteiger partial charge in [-0.15, -0.1) is 0 Å². The first-order chi connectivity index (χ1) is 7.22. The molecule has 1 aromatic rings. The van der Waals surface area contributed by atoms with Crippen LogP contribution in [0, 0.1) is 0 Å². The van der Waals surface area contributed by atoms with Crippen LogP contribution in [0.2, 0.25) is 0 Å². The Kier molecular flexibility index (Phi) is 4.55. The first-order valence-electron chi connectivity index (χ1n) is 4.84. The Morgan fingerprint density at radius 1 is 1.33 bits per heavy atom. The van der Waals surface area contributed by atoms with Gasteiger partial charge in [-0.05, 0) is 17.7 Å². The molecule has 84 valence electrons. The smallest absolute Gasteiger partial charge is 0.123 e. The van der Waals surface area contributed by atoms with Crippen LogP contribution in [0.4, 0.5) is 0 Å². The lowest BCUT2D eigenvalue weighted by molar-refractivity contribution is 0.184. The molecule has 4 heteroatoms. The van der Waals surface area contributed by atoms with Crippen LogP contribution in [0.25, 0.3) is 0 Å². The molecule has 0 heterocycles. The van der Waals surface area contributed by atoms with Crippen molar-refractivity contribution < 1.29 is 9.47 Å². The minimum absolute atomic E-state index is 0.197. The maximum absolute atomic E-state index is 5.89.